The van der Waals surface area contributed by atoms with Crippen LogP contribution < -0.4 is 16.0 Å². The number of phenols is 1. The van der Waals surface area contributed by atoms with E-state index in [0.717, 1.165) is 36.8 Å². The third-order valence-corrected chi connectivity index (χ3v) is 4.84. The molecule has 148 valence electrons. The lowest BCUT2D eigenvalue weighted by Gasteiger charge is -2.16. The van der Waals surface area contributed by atoms with Crippen molar-refractivity contribution in [3.8, 4) is 5.75 Å². The predicted octanol–water partition coefficient (Wildman–Crippen LogP) is 3.74. The van der Waals surface area contributed by atoms with Crippen molar-refractivity contribution in [3.05, 3.63) is 59.2 Å². The van der Waals surface area contributed by atoms with Crippen LogP contribution in [0.25, 0.3) is 0 Å². The first-order chi connectivity index (χ1) is 13.4. The average molecular weight is 381 g/mol. The Morgan fingerprint density at radius 1 is 1.14 bits per heavy atom. The molecule has 6 heteroatoms. The van der Waals surface area contributed by atoms with Gasteiger partial charge in [0, 0.05) is 23.3 Å². The molecule has 1 aliphatic rings. The van der Waals surface area contributed by atoms with Gasteiger partial charge in [0.1, 0.15) is 5.75 Å². The smallest absolute Gasteiger partial charge is 0.319 e. The zero-order valence-electron chi connectivity index (χ0n) is 16.3. The minimum Gasteiger partial charge on any atom is -0.508 e. The van der Waals surface area contributed by atoms with Crippen molar-refractivity contribution in [1.29, 1.82) is 0 Å². The Kier molecular flexibility index (Phi) is 6.19. The van der Waals surface area contributed by atoms with Crippen molar-refractivity contribution in [2.24, 2.45) is 0 Å². The average Bonchev–Trinajstić information content (AvgIpc) is 3.47. The SMILES string of the molecule is Cc1ccc(C(=O)NC2CC2)cc1NC(=O)NC(C)CCc1ccc(O)cc1. The maximum atomic E-state index is 12.3. The van der Waals surface area contributed by atoms with E-state index >= 15 is 0 Å². The molecular weight excluding hydrogens is 354 g/mol. The highest BCUT2D eigenvalue weighted by Gasteiger charge is 2.24. The number of urea groups is 1. The van der Waals surface area contributed by atoms with Crippen molar-refractivity contribution in [2.45, 2.75) is 51.6 Å². The van der Waals surface area contributed by atoms with E-state index in [1.165, 1.54) is 0 Å². The summed E-state index contributed by atoms with van der Waals surface area (Å²) in [6.45, 7) is 3.85. The minimum atomic E-state index is -0.291. The van der Waals surface area contributed by atoms with Crippen molar-refractivity contribution < 1.29 is 14.7 Å². The number of hydrogen-bond acceptors (Lipinski definition) is 3. The van der Waals surface area contributed by atoms with E-state index in [-0.39, 0.29) is 23.7 Å². The van der Waals surface area contributed by atoms with Crippen LogP contribution in [0.3, 0.4) is 0 Å². The second-order valence-electron chi connectivity index (χ2n) is 7.48. The summed E-state index contributed by atoms with van der Waals surface area (Å²) in [5.74, 6) is 0.144. The number of rotatable bonds is 7. The second kappa shape index (κ2) is 8.78. The summed E-state index contributed by atoms with van der Waals surface area (Å²) in [6.07, 6.45) is 3.65. The quantitative estimate of drug-likeness (QED) is 0.589. The summed E-state index contributed by atoms with van der Waals surface area (Å²) in [4.78, 5) is 24.6. The molecule has 3 rings (SSSR count). The molecule has 4 N–H and O–H groups in total. The minimum absolute atomic E-state index is 0.0181. The predicted molar refractivity (Wildman–Crippen MR) is 110 cm³/mol. The van der Waals surface area contributed by atoms with E-state index in [9.17, 15) is 14.7 Å². The maximum Gasteiger partial charge on any atom is 0.319 e. The summed E-state index contributed by atoms with van der Waals surface area (Å²) in [7, 11) is 0. The number of nitrogens with one attached hydrogen (secondary N) is 3. The number of benzene rings is 2. The van der Waals surface area contributed by atoms with E-state index in [1.807, 2.05) is 32.0 Å². The highest BCUT2D eigenvalue weighted by molar-refractivity contribution is 5.97. The van der Waals surface area contributed by atoms with Gasteiger partial charge in [-0.25, -0.2) is 4.79 Å². The van der Waals surface area contributed by atoms with Crippen molar-refractivity contribution in [3.63, 3.8) is 0 Å². The largest absolute Gasteiger partial charge is 0.508 e. The number of aryl methyl sites for hydroxylation is 2. The number of hydrogen-bond donors (Lipinski definition) is 4. The van der Waals surface area contributed by atoms with Gasteiger partial charge in [-0.2, -0.15) is 0 Å². The fraction of sp³-hybridized carbons (Fsp3) is 0.364. The molecule has 0 heterocycles. The van der Waals surface area contributed by atoms with Gasteiger partial charge < -0.3 is 21.1 Å². The molecule has 1 fully saturated rings. The Hall–Kier alpha value is -3.02. The zero-order valence-corrected chi connectivity index (χ0v) is 16.3. The number of carbonyl (C=O) groups excluding carboxylic acids is 2. The molecule has 0 saturated heterocycles. The van der Waals surface area contributed by atoms with E-state index in [0.29, 0.717) is 17.3 Å². The van der Waals surface area contributed by atoms with Gasteiger partial charge in [0.2, 0.25) is 0 Å². The van der Waals surface area contributed by atoms with Crippen LogP contribution in [0, 0.1) is 6.92 Å². The van der Waals surface area contributed by atoms with Crippen LogP contribution in [0.1, 0.15) is 47.7 Å². The topological polar surface area (TPSA) is 90.5 Å². The Morgan fingerprint density at radius 3 is 2.54 bits per heavy atom. The van der Waals surface area contributed by atoms with Crippen LogP contribution in [0.2, 0.25) is 0 Å². The fourth-order valence-electron chi connectivity index (χ4n) is 2.89. The molecule has 0 bridgehead atoms. The van der Waals surface area contributed by atoms with Gasteiger partial charge in [-0.1, -0.05) is 18.2 Å². The molecule has 0 aliphatic heterocycles. The van der Waals surface area contributed by atoms with E-state index in [2.05, 4.69) is 16.0 Å². The van der Waals surface area contributed by atoms with Crippen LogP contribution in [-0.4, -0.2) is 29.1 Å². The Balaban J connectivity index is 1.51. The van der Waals surface area contributed by atoms with Gasteiger partial charge in [-0.05, 0) is 74.9 Å². The Bertz CT molecular complexity index is 845. The number of carbonyl (C=O) groups is 2. The van der Waals surface area contributed by atoms with Gasteiger partial charge in [-0.15, -0.1) is 0 Å². The molecule has 0 aromatic heterocycles. The first-order valence-electron chi connectivity index (χ1n) is 9.67. The molecule has 0 radical (unpaired) electrons. The maximum absolute atomic E-state index is 12.3. The van der Waals surface area contributed by atoms with E-state index < -0.39 is 0 Å². The second-order valence-corrected chi connectivity index (χ2v) is 7.48. The summed E-state index contributed by atoms with van der Waals surface area (Å²) in [6, 6.07) is 12.4. The first-order valence-corrected chi connectivity index (χ1v) is 9.67. The molecule has 0 spiro atoms. The Morgan fingerprint density at radius 2 is 1.86 bits per heavy atom. The molecular formula is C22H27N3O3. The van der Waals surface area contributed by atoms with Crippen LogP contribution in [0.4, 0.5) is 10.5 Å². The van der Waals surface area contributed by atoms with Crippen LogP contribution in [0.5, 0.6) is 5.75 Å². The standard InChI is InChI=1S/C22H27N3O3/c1-14-3-8-17(21(27)24-18-9-10-18)13-20(14)25-22(28)23-15(2)4-5-16-6-11-19(26)12-7-16/h3,6-8,11-13,15,18,26H,4-5,9-10H2,1-2H3,(H,24,27)(H2,23,25,28). The lowest BCUT2D eigenvalue weighted by atomic mass is 10.1. The van der Waals surface area contributed by atoms with Gasteiger partial charge in [0.05, 0.1) is 0 Å². The molecule has 3 amide bonds. The highest BCUT2D eigenvalue weighted by atomic mass is 16.3. The molecule has 1 atom stereocenters. The van der Waals surface area contributed by atoms with Crippen LogP contribution in [-0.2, 0) is 6.42 Å². The Labute approximate surface area is 165 Å². The molecule has 1 aliphatic carbocycles. The molecule has 2 aromatic carbocycles. The number of aromatic hydroxyl groups is 1. The molecule has 28 heavy (non-hydrogen) atoms. The molecule has 1 saturated carbocycles. The lowest BCUT2D eigenvalue weighted by Crippen LogP contribution is -2.36. The lowest BCUT2D eigenvalue weighted by molar-refractivity contribution is 0.0951. The highest BCUT2D eigenvalue weighted by Crippen LogP contribution is 2.21. The number of phenolic OH excluding ortho intramolecular Hbond substituents is 1. The van der Waals surface area contributed by atoms with Gasteiger partial charge in [0.15, 0.2) is 0 Å². The van der Waals surface area contributed by atoms with Crippen molar-refractivity contribution in [2.75, 3.05) is 5.32 Å². The molecule has 1 unspecified atom stereocenters. The third-order valence-electron chi connectivity index (χ3n) is 4.84. The zero-order chi connectivity index (χ0) is 20.1. The summed E-state index contributed by atoms with van der Waals surface area (Å²) < 4.78 is 0. The van der Waals surface area contributed by atoms with Crippen molar-refractivity contribution in [1.82, 2.24) is 10.6 Å². The molecule has 6 nitrogen and oxygen atoms in total. The monoisotopic (exact) mass is 381 g/mol. The van der Waals surface area contributed by atoms with Crippen molar-refractivity contribution >= 4 is 17.6 Å². The summed E-state index contributed by atoms with van der Waals surface area (Å²) >= 11 is 0. The van der Waals surface area contributed by atoms with Crippen LogP contribution >= 0.6 is 0 Å². The van der Waals surface area contributed by atoms with E-state index in [4.69, 9.17) is 0 Å². The number of amides is 3. The van der Waals surface area contributed by atoms with E-state index in [1.54, 1.807) is 24.3 Å². The summed E-state index contributed by atoms with van der Waals surface area (Å²) in [5, 5.41) is 18.1. The first kappa shape index (κ1) is 19.7. The third kappa shape index (κ3) is 5.74. The summed E-state index contributed by atoms with van der Waals surface area (Å²) in [5.41, 5.74) is 3.19. The van der Waals surface area contributed by atoms with Gasteiger partial charge in [0.25, 0.3) is 5.91 Å². The fourth-order valence-corrected chi connectivity index (χ4v) is 2.89. The molecule has 2 aromatic rings. The van der Waals surface area contributed by atoms with Crippen LogP contribution in [0.15, 0.2) is 42.5 Å². The number of anilines is 1. The normalized spacial score (nSPS) is 14.2. The van der Waals surface area contributed by atoms with Gasteiger partial charge in [-0.3, -0.25) is 4.79 Å². The van der Waals surface area contributed by atoms with Gasteiger partial charge >= 0.3 is 6.03 Å².